The van der Waals surface area contributed by atoms with E-state index in [0.717, 1.165) is 11.4 Å². The smallest absolute Gasteiger partial charge is 0.254 e. The largest absolute Gasteiger partial charge is 0.497 e. The number of imidazole rings is 1. The molecule has 1 aliphatic heterocycles. The highest BCUT2D eigenvalue weighted by molar-refractivity contribution is 5.94. The number of hydrogen-bond acceptors (Lipinski definition) is 5. The van der Waals surface area contributed by atoms with Crippen LogP contribution in [0.5, 0.6) is 5.75 Å². The Morgan fingerprint density at radius 3 is 2.70 bits per heavy atom. The molecular formula is C19H21N5O3. The van der Waals surface area contributed by atoms with Gasteiger partial charge in [-0.1, -0.05) is 0 Å². The van der Waals surface area contributed by atoms with Crippen LogP contribution in [0.2, 0.25) is 0 Å². The highest BCUT2D eigenvalue weighted by atomic mass is 16.5. The Kier molecular flexibility index (Phi) is 4.41. The molecule has 2 aromatic heterocycles. The van der Waals surface area contributed by atoms with Crippen LogP contribution in [0.25, 0.3) is 0 Å². The Hall–Kier alpha value is -3.13. The van der Waals surface area contributed by atoms with E-state index < -0.39 is 6.10 Å². The maximum absolute atomic E-state index is 12.8. The molecule has 0 aliphatic carbocycles. The topological polar surface area (TPSA) is 85.4 Å². The molecule has 1 amide bonds. The maximum Gasteiger partial charge on any atom is 0.254 e. The van der Waals surface area contributed by atoms with Gasteiger partial charge in [-0.05, 0) is 30.3 Å². The maximum atomic E-state index is 12.8. The van der Waals surface area contributed by atoms with Gasteiger partial charge in [0.25, 0.3) is 5.91 Å². The molecule has 1 aromatic carbocycles. The summed E-state index contributed by atoms with van der Waals surface area (Å²) in [6, 6.07) is 8.94. The van der Waals surface area contributed by atoms with Crippen molar-refractivity contribution in [3.05, 3.63) is 65.5 Å². The number of aromatic nitrogens is 4. The van der Waals surface area contributed by atoms with Gasteiger partial charge in [0.1, 0.15) is 11.6 Å². The lowest BCUT2D eigenvalue weighted by molar-refractivity contribution is 0.0705. The van der Waals surface area contributed by atoms with Crippen LogP contribution in [0.15, 0.2) is 42.7 Å². The highest BCUT2D eigenvalue weighted by Crippen LogP contribution is 2.23. The number of aliphatic hydroxyl groups excluding tert-OH is 1. The van der Waals surface area contributed by atoms with Gasteiger partial charge in [0.2, 0.25) is 0 Å². The molecule has 1 aliphatic rings. The number of ether oxygens (including phenoxy) is 1. The van der Waals surface area contributed by atoms with E-state index in [1.54, 1.807) is 53.2 Å². The normalized spacial score (nSPS) is 14.7. The number of aryl methyl sites for hydroxylation is 1. The zero-order valence-corrected chi connectivity index (χ0v) is 15.2. The Labute approximate surface area is 156 Å². The fourth-order valence-electron chi connectivity index (χ4n) is 3.28. The summed E-state index contributed by atoms with van der Waals surface area (Å²) in [6.07, 6.45) is 2.53. The molecule has 0 saturated heterocycles. The molecule has 8 heteroatoms. The van der Waals surface area contributed by atoms with Crippen LogP contribution >= 0.6 is 0 Å². The number of rotatable bonds is 4. The lowest BCUT2D eigenvalue weighted by Gasteiger charge is -2.27. The molecule has 4 rings (SSSR count). The number of carbonyl (C=O) groups excluding carboxylic acids is 1. The van der Waals surface area contributed by atoms with Crippen molar-refractivity contribution in [3.8, 4) is 5.75 Å². The van der Waals surface area contributed by atoms with Crippen LogP contribution in [-0.4, -0.2) is 48.9 Å². The lowest BCUT2D eigenvalue weighted by Crippen LogP contribution is -2.38. The summed E-state index contributed by atoms with van der Waals surface area (Å²) >= 11 is 0. The van der Waals surface area contributed by atoms with Crippen molar-refractivity contribution in [2.45, 2.75) is 19.2 Å². The molecule has 1 unspecified atom stereocenters. The number of fused-ring (bicyclic) bond motifs is 1. The van der Waals surface area contributed by atoms with Gasteiger partial charge >= 0.3 is 0 Å². The van der Waals surface area contributed by atoms with E-state index >= 15 is 0 Å². The van der Waals surface area contributed by atoms with Crippen molar-refractivity contribution in [2.24, 2.45) is 7.05 Å². The molecule has 0 saturated carbocycles. The van der Waals surface area contributed by atoms with Gasteiger partial charge in [-0.15, -0.1) is 0 Å². The quantitative estimate of drug-likeness (QED) is 0.753. The minimum Gasteiger partial charge on any atom is -0.497 e. The number of carbonyl (C=O) groups is 1. The second-order valence-corrected chi connectivity index (χ2v) is 6.54. The van der Waals surface area contributed by atoms with E-state index in [-0.39, 0.29) is 5.91 Å². The van der Waals surface area contributed by atoms with Crippen molar-refractivity contribution in [1.29, 1.82) is 0 Å². The van der Waals surface area contributed by atoms with E-state index in [1.165, 1.54) is 0 Å². The molecule has 27 heavy (non-hydrogen) atoms. The standard InChI is InChI=1S/C19H21N5O3/c1-22-8-7-20-18(22)17(25)16-11-14-12-23(9-10-24(14)21-16)19(26)13-3-5-15(27-2)6-4-13/h3-8,11,17,25H,9-10,12H2,1-2H3. The molecule has 0 radical (unpaired) electrons. The number of nitrogens with zero attached hydrogens (tertiary/aromatic N) is 5. The molecule has 3 aromatic rings. The van der Waals surface area contributed by atoms with Crippen molar-refractivity contribution in [2.75, 3.05) is 13.7 Å². The van der Waals surface area contributed by atoms with Crippen LogP contribution in [0.3, 0.4) is 0 Å². The van der Waals surface area contributed by atoms with Crippen LogP contribution < -0.4 is 4.74 Å². The van der Waals surface area contributed by atoms with Gasteiger partial charge in [-0.2, -0.15) is 5.10 Å². The third-order valence-electron chi connectivity index (χ3n) is 4.82. The average molecular weight is 367 g/mol. The minimum absolute atomic E-state index is 0.0312. The molecular weight excluding hydrogens is 346 g/mol. The van der Waals surface area contributed by atoms with Gasteiger partial charge in [0.15, 0.2) is 6.10 Å². The molecule has 1 N–H and O–H groups in total. The van der Waals surface area contributed by atoms with Gasteiger partial charge in [-0.25, -0.2) is 4.98 Å². The summed E-state index contributed by atoms with van der Waals surface area (Å²) < 4.78 is 8.75. The first-order valence-electron chi connectivity index (χ1n) is 8.72. The highest BCUT2D eigenvalue weighted by Gasteiger charge is 2.26. The summed E-state index contributed by atoms with van der Waals surface area (Å²) in [5.41, 5.74) is 2.06. The fraction of sp³-hybridized carbons (Fsp3) is 0.316. The predicted octanol–water partition coefficient (Wildman–Crippen LogP) is 1.36. The number of amides is 1. The van der Waals surface area contributed by atoms with Gasteiger partial charge in [0, 0.05) is 31.5 Å². The van der Waals surface area contributed by atoms with Gasteiger partial charge < -0.3 is 19.3 Å². The molecule has 3 heterocycles. The van der Waals surface area contributed by atoms with Crippen molar-refractivity contribution in [3.63, 3.8) is 0 Å². The van der Waals surface area contributed by atoms with Crippen molar-refractivity contribution >= 4 is 5.91 Å². The summed E-state index contributed by atoms with van der Waals surface area (Å²) in [5, 5.41) is 15.1. The number of aliphatic hydroxyl groups is 1. The third-order valence-corrected chi connectivity index (χ3v) is 4.82. The van der Waals surface area contributed by atoms with Gasteiger partial charge in [-0.3, -0.25) is 9.48 Å². The second kappa shape index (κ2) is 6.88. The summed E-state index contributed by atoms with van der Waals surface area (Å²) in [5.74, 6) is 1.23. The number of benzene rings is 1. The average Bonchev–Trinajstić information content (AvgIpc) is 3.32. The van der Waals surface area contributed by atoms with Crippen molar-refractivity contribution < 1.29 is 14.6 Å². The van der Waals surface area contributed by atoms with Crippen LogP contribution in [-0.2, 0) is 20.1 Å². The Balaban J connectivity index is 1.52. The fourth-order valence-corrected chi connectivity index (χ4v) is 3.28. The monoisotopic (exact) mass is 367 g/mol. The third kappa shape index (κ3) is 3.19. The van der Waals surface area contributed by atoms with E-state index in [2.05, 4.69) is 10.1 Å². The summed E-state index contributed by atoms with van der Waals surface area (Å²) in [4.78, 5) is 18.7. The first-order valence-corrected chi connectivity index (χ1v) is 8.72. The molecule has 0 fully saturated rings. The van der Waals surface area contributed by atoms with Gasteiger partial charge in [0.05, 0.1) is 31.6 Å². The second-order valence-electron chi connectivity index (χ2n) is 6.54. The number of methoxy groups -OCH3 is 1. The Bertz CT molecular complexity index is 960. The lowest BCUT2D eigenvalue weighted by atomic mass is 10.1. The number of hydrogen-bond donors (Lipinski definition) is 1. The van der Waals surface area contributed by atoms with Crippen LogP contribution in [0.4, 0.5) is 0 Å². The van der Waals surface area contributed by atoms with E-state index in [1.807, 2.05) is 17.8 Å². The zero-order valence-electron chi connectivity index (χ0n) is 15.2. The van der Waals surface area contributed by atoms with E-state index in [0.29, 0.717) is 36.7 Å². The molecule has 140 valence electrons. The molecule has 0 bridgehead atoms. The predicted molar refractivity (Wildman–Crippen MR) is 97.2 cm³/mol. The minimum atomic E-state index is -0.895. The zero-order chi connectivity index (χ0) is 19.0. The van der Waals surface area contributed by atoms with Crippen LogP contribution in [0.1, 0.15) is 33.7 Å². The Morgan fingerprint density at radius 2 is 2.04 bits per heavy atom. The summed E-state index contributed by atoms with van der Waals surface area (Å²) in [6.45, 7) is 1.60. The molecule has 8 nitrogen and oxygen atoms in total. The van der Waals surface area contributed by atoms with Crippen LogP contribution in [0, 0.1) is 0 Å². The first-order chi connectivity index (χ1) is 13.1. The SMILES string of the molecule is COc1ccc(C(=O)N2CCn3nc(C(O)c4nccn4C)cc3C2)cc1. The molecule has 1 atom stereocenters. The summed E-state index contributed by atoms with van der Waals surface area (Å²) in [7, 11) is 3.43. The van der Waals surface area contributed by atoms with Crippen molar-refractivity contribution in [1.82, 2.24) is 24.2 Å². The first kappa shape index (κ1) is 17.3. The van der Waals surface area contributed by atoms with E-state index in [4.69, 9.17) is 4.74 Å². The Morgan fingerprint density at radius 1 is 1.26 bits per heavy atom. The molecule has 0 spiro atoms. The van der Waals surface area contributed by atoms with E-state index in [9.17, 15) is 9.90 Å².